The lowest BCUT2D eigenvalue weighted by molar-refractivity contribution is -0.137. The van der Waals surface area contributed by atoms with E-state index >= 15 is 0 Å². The Balaban J connectivity index is 1.37. The van der Waals surface area contributed by atoms with Gasteiger partial charge in [0.2, 0.25) is 5.91 Å². The van der Waals surface area contributed by atoms with Gasteiger partial charge in [-0.25, -0.2) is 0 Å². The highest BCUT2D eigenvalue weighted by molar-refractivity contribution is 6.01. The summed E-state index contributed by atoms with van der Waals surface area (Å²) in [7, 11) is 1.58. The highest BCUT2D eigenvalue weighted by Gasteiger charge is 2.30. The Morgan fingerprint density at radius 3 is 2.25 bits per heavy atom. The van der Waals surface area contributed by atoms with Crippen LogP contribution in [0.25, 0.3) is 11.1 Å². The van der Waals surface area contributed by atoms with E-state index in [1.807, 2.05) is 24.3 Å². The van der Waals surface area contributed by atoms with E-state index in [1.54, 1.807) is 36.3 Å². The Hall–Kier alpha value is -3.81. The van der Waals surface area contributed by atoms with Gasteiger partial charge in [0.1, 0.15) is 5.75 Å². The zero-order valence-corrected chi connectivity index (χ0v) is 19.8. The van der Waals surface area contributed by atoms with Crippen LogP contribution in [-0.2, 0) is 17.4 Å². The molecule has 188 valence electrons. The van der Waals surface area contributed by atoms with Crippen molar-refractivity contribution in [3.05, 3.63) is 89.5 Å². The quantitative estimate of drug-likeness (QED) is 0.501. The standard InChI is InChI=1S/C28H27F3N2O3/c1-36-25-9-5-2-6-20(25)18-26(34)33-16-14-22(15-17-33)32-27(35)24-8-4-3-7-23(24)19-10-12-21(13-11-19)28(29,30)31/h2-13,22H,14-18H2,1H3,(H,32,35). The van der Waals surface area contributed by atoms with E-state index < -0.39 is 11.7 Å². The number of piperidine rings is 1. The molecule has 1 aliphatic heterocycles. The summed E-state index contributed by atoms with van der Waals surface area (Å²) < 4.78 is 44.1. The van der Waals surface area contributed by atoms with Gasteiger partial charge in [-0.1, -0.05) is 48.5 Å². The maximum absolute atomic E-state index is 13.1. The van der Waals surface area contributed by atoms with Gasteiger partial charge in [-0.15, -0.1) is 0 Å². The average molecular weight is 497 g/mol. The normalized spacial score (nSPS) is 14.4. The van der Waals surface area contributed by atoms with Gasteiger partial charge >= 0.3 is 6.18 Å². The number of hydrogen-bond donors (Lipinski definition) is 1. The van der Waals surface area contributed by atoms with Crippen molar-refractivity contribution in [1.29, 1.82) is 0 Å². The van der Waals surface area contributed by atoms with Gasteiger partial charge in [0.05, 0.1) is 19.1 Å². The van der Waals surface area contributed by atoms with Crippen molar-refractivity contribution in [3.8, 4) is 16.9 Å². The zero-order valence-electron chi connectivity index (χ0n) is 19.8. The lowest BCUT2D eigenvalue weighted by Gasteiger charge is -2.32. The van der Waals surface area contributed by atoms with Crippen LogP contribution in [0.3, 0.4) is 0 Å². The fourth-order valence-electron chi connectivity index (χ4n) is 4.43. The molecule has 0 bridgehead atoms. The van der Waals surface area contributed by atoms with Gasteiger partial charge in [-0.3, -0.25) is 9.59 Å². The van der Waals surface area contributed by atoms with Gasteiger partial charge < -0.3 is 15.0 Å². The van der Waals surface area contributed by atoms with Gasteiger partial charge in [-0.05, 0) is 48.2 Å². The number of amides is 2. The summed E-state index contributed by atoms with van der Waals surface area (Å²) in [6, 6.07) is 19.0. The van der Waals surface area contributed by atoms with Crippen molar-refractivity contribution < 1.29 is 27.5 Å². The highest BCUT2D eigenvalue weighted by atomic mass is 19.4. The molecule has 36 heavy (non-hydrogen) atoms. The second-order valence-corrected chi connectivity index (χ2v) is 8.74. The monoisotopic (exact) mass is 496 g/mol. The Morgan fingerprint density at radius 2 is 1.58 bits per heavy atom. The summed E-state index contributed by atoms with van der Waals surface area (Å²) in [6.45, 7) is 1.05. The van der Waals surface area contributed by atoms with Crippen LogP contribution >= 0.6 is 0 Å². The molecule has 5 nitrogen and oxygen atoms in total. The van der Waals surface area contributed by atoms with Crippen molar-refractivity contribution in [2.75, 3.05) is 20.2 Å². The molecule has 1 heterocycles. The lowest BCUT2D eigenvalue weighted by Crippen LogP contribution is -2.47. The third-order valence-electron chi connectivity index (χ3n) is 6.41. The molecule has 0 aromatic heterocycles. The number of rotatable bonds is 6. The zero-order chi connectivity index (χ0) is 25.7. The smallest absolute Gasteiger partial charge is 0.416 e. The summed E-state index contributed by atoms with van der Waals surface area (Å²) in [4.78, 5) is 27.7. The van der Waals surface area contributed by atoms with Crippen LogP contribution in [0.2, 0.25) is 0 Å². The Morgan fingerprint density at radius 1 is 0.944 bits per heavy atom. The fraction of sp³-hybridized carbons (Fsp3) is 0.286. The molecule has 4 rings (SSSR count). The minimum Gasteiger partial charge on any atom is -0.496 e. The third kappa shape index (κ3) is 5.87. The van der Waals surface area contributed by atoms with Crippen molar-refractivity contribution in [1.82, 2.24) is 10.2 Å². The number of nitrogens with one attached hydrogen (secondary N) is 1. The second kappa shape index (κ2) is 10.8. The Labute approximate surface area is 207 Å². The molecule has 1 aliphatic rings. The van der Waals surface area contributed by atoms with Crippen LogP contribution in [0.1, 0.15) is 34.3 Å². The van der Waals surface area contributed by atoms with E-state index in [0.29, 0.717) is 48.4 Å². The van der Waals surface area contributed by atoms with Crippen LogP contribution in [0.15, 0.2) is 72.8 Å². The van der Waals surface area contributed by atoms with Crippen LogP contribution in [0.5, 0.6) is 5.75 Å². The van der Waals surface area contributed by atoms with Gasteiger partial charge in [0.15, 0.2) is 0 Å². The molecule has 3 aromatic carbocycles. The molecule has 0 radical (unpaired) electrons. The van der Waals surface area contributed by atoms with E-state index in [2.05, 4.69) is 5.32 Å². The number of hydrogen-bond acceptors (Lipinski definition) is 3. The Bertz CT molecular complexity index is 1220. The number of carbonyl (C=O) groups is 2. The molecule has 0 spiro atoms. The first-order chi connectivity index (χ1) is 17.3. The van der Waals surface area contributed by atoms with E-state index in [0.717, 1.165) is 17.7 Å². The van der Waals surface area contributed by atoms with Crippen molar-refractivity contribution in [3.63, 3.8) is 0 Å². The number of alkyl halides is 3. The van der Waals surface area contributed by atoms with Crippen LogP contribution in [0.4, 0.5) is 13.2 Å². The van der Waals surface area contributed by atoms with E-state index in [9.17, 15) is 22.8 Å². The minimum absolute atomic E-state index is 0.0110. The molecule has 0 atom stereocenters. The van der Waals surface area contributed by atoms with E-state index in [-0.39, 0.29) is 24.3 Å². The second-order valence-electron chi connectivity index (χ2n) is 8.74. The topological polar surface area (TPSA) is 58.6 Å². The first-order valence-electron chi connectivity index (χ1n) is 11.7. The first-order valence-corrected chi connectivity index (χ1v) is 11.7. The van der Waals surface area contributed by atoms with Crippen molar-refractivity contribution in [2.45, 2.75) is 31.5 Å². The SMILES string of the molecule is COc1ccccc1CC(=O)N1CCC(NC(=O)c2ccccc2-c2ccc(C(F)(F)F)cc2)CC1. The number of para-hydroxylation sites is 1. The van der Waals surface area contributed by atoms with Crippen molar-refractivity contribution in [2.24, 2.45) is 0 Å². The maximum atomic E-state index is 13.1. The summed E-state index contributed by atoms with van der Waals surface area (Å²) in [5.41, 5.74) is 1.59. The molecule has 8 heteroatoms. The predicted octanol–water partition coefficient (Wildman–Crippen LogP) is 5.34. The maximum Gasteiger partial charge on any atom is 0.416 e. The summed E-state index contributed by atoms with van der Waals surface area (Å²) in [5.74, 6) is 0.404. The fourth-order valence-corrected chi connectivity index (χ4v) is 4.43. The number of carbonyl (C=O) groups excluding carboxylic acids is 2. The molecule has 0 saturated carbocycles. The van der Waals surface area contributed by atoms with E-state index in [1.165, 1.54) is 12.1 Å². The summed E-state index contributed by atoms with van der Waals surface area (Å²) >= 11 is 0. The largest absolute Gasteiger partial charge is 0.496 e. The van der Waals surface area contributed by atoms with Crippen LogP contribution in [0, 0.1) is 0 Å². The number of likely N-dealkylation sites (tertiary alicyclic amines) is 1. The molecule has 0 aliphatic carbocycles. The molecule has 0 unspecified atom stereocenters. The van der Waals surface area contributed by atoms with Crippen LogP contribution < -0.4 is 10.1 Å². The number of ether oxygens (including phenoxy) is 1. The van der Waals surface area contributed by atoms with Crippen LogP contribution in [-0.4, -0.2) is 43.0 Å². The van der Waals surface area contributed by atoms with E-state index in [4.69, 9.17) is 4.74 Å². The minimum atomic E-state index is -4.42. The van der Waals surface area contributed by atoms with Crippen molar-refractivity contribution >= 4 is 11.8 Å². The molecule has 1 fully saturated rings. The summed E-state index contributed by atoms with van der Waals surface area (Å²) in [6.07, 6.45) is -2.93. The molecular weight excluding hydrogens is 469 g/mol. The summed E-state index contributed by atoms with van der Waals surface area (Å²) in [5, 5.41) is 3.03. The number of benzene rings is 3. The van der Waals surface area contributed by atoms with Gasteiger partial charge in [0, 0.05) is 30.3 Å². The molecule has 3 aromatic rings. The molecule has 2 amide bonds. The molecular formula is C28H27F3N2O3. The number of nitrogens with zero attached hydrogens (tertiary/aromatic N) is 1. The number of halogens is 3. The van der Waals surface area contributed by atoms with Gasteiger partial charge in [0.25, 0.3) is 5.91 Å². The third-order valence-corrected chi connectivity index (χ3v) is 6.41. The molecule has 1 N–H and O–H groups in total. The average Bonchev–Trinajstić information content (AvgIpc) is 2.89. The number of methoxy groups -OCH3 is 1. The Kier molecular flexibility index (Phi) is 7.62. The predicted molar refractivity (Wildman–Crippen MR) is 131 cm³/mol. The molecule has 1 saturated heterocycles. The lowest BCUT2D eigenvalue weighted by atomic mass is 9.97. The highest BCUT2D eigenvalue weighted by Crippen LogP contribution is 2.32. The van der Waals surface area contributed by atoms with Gasteiger partial charge in [-0.2, -0.15) is 13.2 Å². The first kappa shape index (κ1) is 25.3.